The highest BCUT2D eigenvalue weighted by atomic mass is 35.5. The SMILES string of the molecule is COCCN(CCOC)S(=O)(=O)N1CCCCC1CNC(=O)CCN.Cl. The Bertz CT molecular complexity index is 486. The van der Waals surface area contributed by atoms with Crippen molar-refractivity contribution in [2.75, 3.05) is 60.2 Å². The number of carbonyl (C=O) groups excluding carboxylic acids is 1. The molecule has 1 amide bonds. The van der Waals surface area contributed by atoms with E-state index in [9.17, 15) is 13.2 Å². The van der Waals surface area contributed by atoms with Crippen molar-refractivity contribution in [3.8, 4) is 0 Å². The molecule has 0 aromatic heterocycles. The second kappa shape index (κ2) is 13.6. The van der Waals surface area contributed by atoms with Gasteiger partial charge in [0.1, 0.15) is 0 Å². The number of amides is 1. The Morgan fingerprint density at radius 2 is 1.85 bits per heavy atom. The summed E-state index contributed by atoms with van der Waals surface area (Å²) >= 11 is 0. The van der Waals surface area contributed by atoms with Crippen LogP contribution in [-0.2, 0) is 24.5 Å². The van der Waals surface area contributed by atoms with E-state index in [1.165, 1.54) is 22.8 Å². The molecule has 1 heterocycles. The monoisotopic (exact) mass is 416 g/mol. The zero-order chi connectivity index (χ0) is 18.7. The fourth-order valence-electron chi connectivity index (χ4n) is 2.81. The third-order valence-electron chi connectivity index (χ3n) is 4.19. The number of ether oxygens (including phenoxy) is 2. The van der Waals surface area contributed by atoms with Crippen LogP contribution in [0, 0.1) is 0 Å². The second-order valence-electron chi connectivity index (χ2n) is 6.00. The summed E-state index contributed by atoms with van der Waals surface area (Å²) < 4.78 is 39.1. The maximum Gasteiger partial charge on any atom is 0.282 e. The van der Waals surface area contributed by atoms with Gasteiger partial charge in [-0.1, -0.05) is 6.42 Å². The number of halogens is 1. The Hall–Kier alpha value is -0.490. The predicted octanol–water partition coefficient (Wildman–Crippen LogP) is -0.433. The number of hydrogen-bond acceptors (Lipinski definition) is 6. The molecule has 1 atom stereocenters. The Balaban J connectivity index is 0.00000625. The normalized spacial score (nSPS) is 18.5. The number of nitrogens with two attached hydrogens (primary N) is 1. The molecule has 1 saturated heterocycles. The molecular weight excluding hydrogens is 384 g/mol. The van der Waals surface area contributed by atoms with Crippen LogP contribution in [0.15, 0.2) is 0 Å². The van der Waals surface area contributed by atoms with Crippen LogP contribution in [0.4, 0.5) is 0 Å². The first-order valence-corrected chi connectivity index (χ1v) is 10.1. The molecule has 0 saturated carbocycles. The molecule has 0 spiro atoms. The van der Waals surface area contributed by atoms with Gasteiger partial charge in [0.05, 0.1) is 13.2 Å². The van der Waals surface area contributed by atoms with Crippen LogP contribution < -0.4 is 11.1 Å². The number of carbonyl (C=O) groups is 1. The van der Waals surface area contributed by atoms with Gasteiger partial charge in [-0.25, -0.2) is 0 Å². The standard InChI is InChI=1S/C15H32N4O5S.ClH/c1-23-11-9-18(10-12-24-2)25(21,22)19-8-4-3-5-14(19)13-17-15(20)6-7-16;/h14H,3-13,16H2,1-2H3,(H,17,20);1H. The van der Waals surface area contributed by atoms with Gasteiger partial charge < -0.3 is 20.5 Å². The van der Waals surface area contributed by atoms with E-state index in [4.69, 9.17) is 15.2 Å². The first-order chi connectivity index (χ1) is 12.0. The lowest BCUT2D eigenvalue weighted by Crippen LogP contribution is -2.55. The molecule has 3 N–H and O–H groups in total. The molecule has 9 nitrogen and oxygen atoms in total. The summed E-state index contributed by atoms with van der Waals surface area (Å²) in [6.45, 7) is 2.20. The summed E-state index contributed by atoms with van der Waals surface area (Å²) in [6, 6.07) is -0.243. The van der Waals surface area contributed by atoms with E-state index in [2.05, 4.69) is 5.32 Å². The highest BCUT2D eigenvalue weighted by Crippen LogP contribution is 2.22. The first-order valence-electron chi connectivity index (χ1n) is 8.69. The average Bonchev–Trinajstić information content (AvgIpc) is 2.60. The lowest BCUT2D eigenvalue weighted by molar-refractivity contribution is -0.121. The summed E-state index contributed by atoms with van der Waals surface area (Å²) in [5.41, 5.74) is 5.37. The summed E-state index contributed by atoms with van der Waals surface area (Å²) in [7, 11) is -0.568. The number of methoxy groups -OCH3 is 2. The second-order valence-corrected chi connectivity index (χ2v) is 7.88. The molecule has 26 heavy (non-hydrogen) atoms. The number of hydrogen-bond donors (Lipinski definition) is 2. The molecule has 11 heteroatoms. The predicted molar refractivity (Wildman–Crippen MR) is 103 cm³/mol. The minimum absolute atomic E-state index is 0. The van der Waals surface area contributed by atoms with E-state index >= 15 is 0 Å². The number of nitrogens with one attached hydrogen (secondary N) is 1. The Labute approximate surface area is 163 Å². The van der Waals surface area contributed by atoms with E-state index in [-0.39, 0.29) is 50.4 Å². The van der Waals surface area contributed by atoms with Crippen molar-refractivity contribution >= 4 is 28.5 Å². The van der Waals surface area contributed by atoms with Crippen LogP contribution >= 0.6 is 12.4 Å². The summed E-state index contributed by atoms with van der Waals surface area (Å²) in [5, 5.41) is 2.79. The third-order valence-corrected chi connectivity index (χ3v) is 6.28. The first kappa shape index (κ1) is 25.5. The number of rotatable bonds is 12. The van der Waals surface area contributed by atoms with Crippen molar-refractivity contribution < 1.29 is 22.7 Å². The van der Waals surface area contributed by atoms with Gasteiger partial charge in [-0.2, -0.15) is 17.0 Å². The molecule has 0 bridgehead atoms. The van der Waals surface area contributed by atoms with E-state index in [1.54, 1.807) is 0 Å². The molecule has 1 aliphatic heterocycles. The van der Waals surface area contributed by atoms with Crippen molar-refractivity contribution in [3.05, 3.63) is 0 Å². The van der Waals surface area contributed by atoms with Gasteiger partial charge in [0.2, 0.25) is 5.91 Å². The quantitative estimate of drug-likeness (QED) is 0.446. The van der Waals surface area contributed by atoms with Crippen molar-refractivity contribution in [1.82, 2.24) is 13.9 Å². The minimum atomic E-state index is -3.65. The maximum absolute atomic E-state index is 13.1. The van der Waals surface area contributed by atoms with Crippen LogP contribution in [0.5, 0.6) is 0 Å². The third kappa shape index (κ3) is 8.03. The van der Waals surface area contributed by atoms with Gasteiger partial charge in [0.25, 0.3) is 10.2 Å². The fourth-order valence-corrected chi connectivity index (χ4v) is 4.63. The smallest absolute Gasteiger partial charge is 0.282 e. The molecule has 0 aromatic carbocycles. The molecule has 1 rings (SSSR count). The summed E-state index contributed by atoms with van der Waals surface area (Å²) in [6.07, 6.45) is 2.73. The van der Waals surface area contributed by atoms with Crippen LogP contribution in [0.25, 0.3) is 0 Å². The zero-order valence-electron chi connectivity index (χ0n) is 15.7. The summed E-state index contributed by atoms with van der Waals surface area (Å²) in [5.74, 6) is -0.152. The van der Waals surface area contributed by atoms with E-state index in [0.29, 0.717) is 26.3 Å². The molecule has 156 valence electrons. The van der Waals surface area contributed by atoms with Crippen LogP contribution in [0.2, 0.25) is 0 Å². The topological polar surface area (TPSA) is 114 Å². The summed E-state index contributed by atoms with van der Waals surface area (Å²) in [4.78, 5) is 11.7. The molecule has 0 radical (unpaired) electrons. The van der Waals surface area contributed by atoms with Crippen molar-refractivity contribution in [2.24, 2.45) is 5.73 Å². The minimum Gasteiger partial charge on any atom is -0.383 e. The highest BCUT2D eigenvalue weighted by molar-refractivity contribution is 7.86. The van der Waals surface area contributed by atoms with Gasteiger partial charge >= 0.3 is 0 Å². The molecule has 0 aromatic rings. The van der Waals surface area contributed by atoms with Gasteiger partial charge in [0.15, 0.2) is 0 Å². The Morgan fingerprint density at radius 1 is 1.23 bits per heavy atom. The molecule has 0 aliphatic carbocycles. The molecule has 1 fully saturated rings. The fraction of sp³-hybridized carbons (Fsp3) is 0.933. The van der Waals surface area contributed by atoms with E-state index < -0.39 is 10.2 Å². The van der Waals surface area contributed by atoms with Gasteiger partial charge in [0, 0.05) is 59.4 Å². The highest BCUT2D eigenvalue weighted by Gasteiger charge is 2.36. The lowest BCUT2D eigenvalue weighted by atomic mass is 10.1. The average molecular weight is 417 g/mol. The van der Waals surface area contributed by atoms with Gasteiger partial charge in [-0.3, -0.25) is 4.79 Å². The van der Waals surface area contributed by atoms with Gasteiger partial charge in [-0.05, 0) is 12.8 Å². The van der Waals surface area contributed by atoms with Crippen LogP contribution in [0.1, 0.15) is 25.7 Å². The van der Waals surface area contributed by atoms with Crippen molar-refractivity contribution in [2.45, 2.75) is 31.7 Å². The van der Waals surface area contributed by atoms with Crippen LogP contribution in [-0.4, -0.2) is 89.1 Å². The van der Waals surface area contributed by atoms with Crippen molar-refractivity contribution in [3.63, 3.8) is 0 Å². The molecular formula is C15H33ClN4O5S. The number of piperidine rings is 1. The zero-order valence-corrected chi connectivity index (χ0v) is 17.3. The van der Waals surface area contributed by atoms with Gasteiger partial charge in [-0.15, -0.1) is 12.4 Å². The lowest BCUT2D eigenvalue weighted by Gasteiger charge is -2.38. The Morgan fingerprint density at radius 3 is 2.38 bits per heavy atom. The maximum atomic E-state index is 13.1. The van der Waals surface area contributed by atoms with E-state index in [1.807, 2.05) is 0 Å². The largest absolute Gasteiger partial charge is 0.383 e. The molecule has 1 aliphatic rings. The van der Waals surface area contributed by atoms with Crippen molar-refractivity contribution in [1.29, 1.82) is 0 Å². The molecule has 1 unspecified atom stereocenters. The van der Waals surface area contributed by atoms with Crippen LogP contribution in [0.3, 0.4) is 0 Å². The van der Waals surface area contributed by atoms with E-state index in [0.717, 1.165) is 19.3 Å². The Kier molecular flexibility index (Phi) is 13.4. The number of nitrogens with zero attached hydrogens (tertiary/aromatic N) is 2.